The fourth-order valence-corrected chi connectivity index (χ4v) is 1.53. The zero-order valence-electron chi connectivity index (χ0n) is 8.15. The molecule has 0 bridgehead atoms. The van der Waals surface area contributed by atoms with Crippen LogP contribution in [0.5, 0.6) is 0 Å². The summed E-state index contributed by atoms with van der Waals surface area (Å²) in [6, 6.07) is 4.14. The first kappa shape index (κ1) is 8.23. The largest absolute Gasteiger partial charge is 0.237 e. The molecule has 3 nitrogen and oxygen atoms in total. The summed E-state index contributed by atoms with van der Waals surface area (Å²) < 4.78 is 1.93. The van der Waals surface area contributed by atoms with Gasteiger partial charge in [-0.2, -0.15) is 5.10 Å². The van der Waals surface area contributed by atoms with E-state index in [2.05, 4.69) is 36.1 Å². The van der Waals surface area contributed by atoms with E-state index in [9.17, 15) is 0 Å². The van der Waals surface area contributed by atoms with Crippen LogP contribution in [0.3, 0.4) is 0 Å². The molecule has 2 rings (SSSR count). The van der Waals surface area contributed by atoms with Crippen LogP contribution in [-0.4, -0.2) is 14.6 Å². The summed E-state index contributed by atoms with van der Waals surface area (Å²) >= 11 is 0. The zero-order valence-corrected chi connectivity index (χ0v) is 8.15. The maximum absolute atomic E-state index is 4.29. The summed E-state index contributed by atoms with van der Waals surface area (Å²) in [5.74, 6) is 0.444. The quantitative estimate of drug-likeness (QED) is 0.664. The number of aromatic nitrogens is 3. The lowest BCUT2D eigenvalue weighted by atomic mass is 10.1. The molecule has 0 amide bonds. The summed E-state index contributed by atoms with van der Waals surface area (Å²) in [6.07, 6.45) is 1.62. The van der Waals surface area contributed by atoms with Gasteiger partial charge in [-0.15, -0.1) is 0 Å². The second kappa shape index (κ2) is 2.83. The lowest BCUT2D eigenvalue weighted by Gasteiger charge is -2.05. The molecule has 0 aliphatic heterocycles. The van der Waals surface area contributed by atoms with Crippen LogP contribution >= 0.6 is 0 Å². The molecule has 2 heterocycles. The minimum absolute atomic E-state index is 0.444. The fourth-order valence-electron chi connectivity index (χ4n) is 1.53. The molecule has 68 valence electrons. The highest BCUT2D eigenvalue weighted by molar-refractivity contribution is 5.53. The fraction of sp³-hybridized carbons (Fsp3) is 0.400. The lowest BCUT2D eigenvalue weighted by Crippen LogP contribution is -2.01. The number of nitrogens with zero attached hydrogens (tertiary/aromatic N) is 3. The first-order valence-corrected chi connectivity index (χ1v) is 4.49. The third kappa shape index (κ3) is 1.20. The van der Waals surface area contributed by atoms with E-state index in [1.165, 1.54) is 0 Å². The molecule has 0 atom stereocenters. The second-order valence-electron chi connectivity index (χ2n) is 3.57. The molecule has 0 saturated heterocycles. The highest BCUT2D eigenvalue weighted by atomic mass is 15.2. The number of rotatable bonds is 1. The van der Waals surface area contributed by atoms with Crippen LogP contribution in [0.4, 0.5) is 0 Å². The average molecular weight is 175 g/mol. The van der Waals surface area contributed by atoms with Crippen LogP contribution < -0.4 is 0 Å². The van der Waals surface area contributed by atoms with E-state index in [4.69, 9.17) is 0 Å². The van der Waals surface area contributed by atoms with E-state index in [0.717, 1.165) is 16.9 Å². The number of aryl methyl sites for hydroxylation is 1. The molecule has 0 spiro atoms. The molecule has 0 N–H and O–H groups in total. The molecule has 0 radical (unpaired) electrons. The molecule has 0 fully saturated rings. The molecule has 0 aliphatic carbocycles. The van der Waals surface area contributed by atoms with Crippen molar-refractivity contribution in [1.82, 2.24) is 14.6 Å². The number of fused-ring (bicyclic) bond motifs is 1. The van der Waals surface area contributed by atoms with E-state index in [1.807, 2.05) is 11.4 Å². The summed E-state index contributed by atoms with van der Waals surface area (Å²) in [5.41, 5.74) is 3.39. The molecule has 2 aromatic heterocycles. The van der Waals surface area contributed by atoms with Gasteiger partial charge in [0.25, 0.3) is 0 Å². The molecule has 0 unspecified atom stereocenters. The van der Waals surface area contributed by atoms with Crippen molar-refractivity contribution >= 4 is 5.52 Å². The highest BCUT2D eigenvalue weighted by Crippen LogP contribution is 2.18. The zero-order chi connectivity index (χ0) is 9.42. The SMILES string of the molecule is Cc1ccc2c(C(C)C)ncnn12. The Hall–Kier alpha value is -1.38. The Kier molecular flexibility index (Phi) is 1.79. The van der Waals surface area contributed by atoms with Crippen molar-refractivity contribution in [3.05, 3.63) is 29.8 Å². The van der Waals surface area contributed by atoms with Crippen molar-refractivity contribution in [2.24, 2.45) is 0 Å². The molecule has 0 aliphatic rings. The second-order valence-corrected chi connectivity index (χ2v) is 3.57. The van der Waals surface area contributed by atoms with Crippen molar-refractivity contribution in [2.75, 3.05) is 0 Å². The van der Waals surface area contributed by atoms with Crippen LogP contribution in [-0.2, 0) is 0 Å². The minimum atomic E-state index is 0.444. The maximum Gasteiger partial charge on any atom is 0.136 e. The molecule has 3 heteroatoms. The normalized spacial score (nSPS) is 11.4. The smallest absolute Gasteiger partial charge is 0.136 e. The van der Waals surface area contributed by atoms with Gasteiger partial charge in [-0.25, -0.2) is 9.50 Å². The van der Waals surface area contributed by atoms with Gasteiger partial charge < -0.3 is 0 Å². The van der Waals surface area contributed by atoms with Crippen LogP contribution in [0.1, 0.15) is 31.2 Å². The number of hydrogen-bond donors (Lipinski definition) is 0. The predicted molar refractivity (Wildman–Crippen MR) is 51.8 cm³/mol. The molecule has 2 aromatic rings. The Morgan fingerprint density at radius 1 is 1.31 bits per heavy atom. The van der Waals surface area contributed by atoms with Crippen molar-refractivity contribution in [3.8, 4) is 0 Å². The van der Waals surface area contributed by atoms with Crippen molar-refractivity contribution < 1.29 is 0 Å². The van der Waals surface area contributed by atoms with Crippen molar-refractivity contribution in [2.45, 2.75) is 26.7 Å². The topological polar surface area (TPSA) is 30.2 Å². The van der Waals surface area contributed by atoms with Gasteiger partial charge in [-0.05, 0) is 25.0 Å². The molecule has 13 heavy (non-hydrogen) atoms. The maximum atomic E-state index is 4.29. The molecular weight excluding hydrogens is 162 g/mol. The van der Waals surface area contributed by atoms with E-state index in [1.54, 1.807) is 6.33 Å². The summed E-state index contributed by atoms with van der Waals surface area (Å²) in [5, 5.41) is 4.19. The lowest BCUT2D eigenvalue weighted by molar-refractivity contribution is 0.778. The first-order chi connectivity index (χ1) is 6.20. The van der Waals surface area contributed by atoms with Gasteiger partial charge in [0.15, 0.2) is 0 Å². The van der Waals surface area contributed by atoms with Crippen molar-refractivity contribution in [1.29, 1.82) is 0 Å². The van der Waals surface area contributed by atoms with E-state index < -0.39 is 0 Å². The third-order valence-corrected chi connectivity index (χ3v) is 2.22. The van der Waals surface area contributed by atoms with Gasteiger partial charge in [-0.1, -0.05) is 13.8 Å². The monoisotopic (exact) mass is 175 g/mol. The van der Waals surface area contributed by atoms with Gasteiger partial charge in [-0.3, -0.25) is 0 Å². The van der Waals surface area contributed by atoms with Crippen LogP contribution in [0, 0.1) is 6.92 Å². The summed E-state index contributed by atoms with van der Waals surface area (Å²) in [7, 11) is 0. The van der Waals surface area contributed by atoms with Gasteiger partial charge in [0.05, 0.1) is 11.2 Å². The van der Waals surface area contributed by atoms with Crippen molar-refractivity contribution in [3.63, 3.8) is 0 Å². The predicted octanol–water partition coefficient (Wildman–Crippen LogP) is 2.16. The van der Waals surface area contributed by atoms with E-state index >= 15 is 0 Å². The standard InChI is InChI=1S/C10H13N3/c1-7(2)10-9-5-4-8(3)13(9)12-6-11-10/h4-7H,1-3H3. The Balaban J connectivity index is 2.77. The van der Waals surface area contributed by atoms with E-state index in [-0.39, 0.29) is 0 Å². The van der Waals surface area contributed by atoms with Gasteiger partial charge >= 0.3 is 0 Å². The van der Waals surface area contributed by atoms with Crippen LogP contribution in [0.2, 0.25) is 0 Å². The van der Waals surface area contributed by atoms with Crippen LogP contribution in [0.25, 0.3) is 5.52 Å². The summed E-state index contributed by atoms with van der Waals surface area (Å²) in [4.78, 5) is 4.29. The Bertz CT molecular complexity index is 429. The van der Waals surface area contributed by atoms with Gasteiger partial charge in [0.1, 0.15) is 6.33 Å². The van der Waals surface area contributed by atoms with Gasteiger partial charge in [0.2, 0.25) is 0 Å². The molecule has 0 saturated carbocycles. The Morgan fingerprint density at radius 3 is 2.77 bits per heavy atom. The first-order valence-electron chi connectivity index (χ1n) is 4.49. The Labute approximate surface area is 77.4 Å². The highest BCUT2D eigenvalue weighted by Gasteiger charge is 2.08. The third-order valence-electron chi connectivity index (χ3n) is 2.22. The Morgan fingerprint density at radius 2 is 2.08 bits per heavy atom. The van der Waals surface area contributed by atoms with E-state index in [0.29, 0.717) is 5.92 Å². The minimum Gasteiger partial charge on any atom is -0.237 e. The molecule has 0 aromatic carbocycles. The van der Waals surface area contributed by atoms with Crippen LogP contribution in [0.15, 0.2) is 18.5 Å². The number of hydrogen-bond acceptors (Lipinski definition) is 2. The van der Waals surface area contributed by atoms with Gasteiger partial charge in [0, 0.05) is 5.69 Å². The summed E-state index contributed by atoms with van der Waals surface area (Å²) in [6.45, 7) is 6.33. The average Bonchev–Trinajstić information content (AvgIpc) is 2.48. The molecular formula is C10H13N3.